The highest BCUT2D eigenvalue weighted by molar-refractivity contribution is 6.23. The molecule has 1 fully saturated rings. The summed E-state index contributed by atoms with van der Waals surface area (Å²) in [4.78, 5) is 12.5. The molecule has 2 aromatic carbocycles. The first-order chi connectivity index (χ1) is 14.3. The summed E-state index contributed by atoms with van der Waals surface area (Å²) in [5.74, 6) is -1.26. The van der Waals surface area contributed by atoms with Crippen LogP contribution in [0.1, 0.15) is 36.5 Å². The van der Waals surface area contributed by atoms with Crippen molar-refractivity contribution in [3.63, 3.8) is 0 Å². The molecule has 0 bridgehead atoms. The van der Waals surface area contributed by atoms with Crippen molar-refractivity contribution in [2.75, 3.05) is 0 Å². The number of carbonyl (C=O) groups excluding carboxylic acids is 1. The van der Waals surface area contributed by atoms with Gasteiger partial charge in [-0.15, -0.1) is 0 Å². The van der Waals surface area contributed by atoms with Crippen LogP contribution in [-0.4, -0.2) is 16.6 Å². The molecule has 4 rings (SSSR count). The highest BCUT2D eigenvalue weighted by Gasteiger charge is 2.52. The van der Waals surface area contributed by atoms with Crippen LogP contribution in [0, 0.1) is 5.92 Å². The Balaban J connectivity index is 1.81. The Morgan fingerprint density at radius 1 is 0.935 bits per heavy atom. The fourth-order valence-corrected chi connectivity index (χ4v) is 3.96. The van der Waals surface area contributed by atoms with E-state index < -0.39 is 51.8 Å². The molecule has 9 heteroatoms. The Hall–Kier alpha value is -2.97. The predicted octanol–water partition coefficient (Wildman–Crippen LogP) is 5.96. The van der Waals surface area contributed by atoms with E-state index in [4.69, 9.17) is 0 Å². The van der Waals surface area contributed by atoms with Crippen molar-refractivity contribution in [2.45, 2.75) is 37.7 Å². The fourth-order valence-electron chi connectivity index (χ4n) is 3.96. The third-order valence-corrected chi connectivity index (χ3v) is 5.86. The van der Waals surface area contributed by atoms with Crippen LogP contribution in [0.2, 0.25) is 0 Å². The molecule has 3 nitrogen and oxygen atoms in total. The summed E-state index contributed by atoms with van der Waals surface area (Å²) in [5, 5.41) is 13.2. The Morgan fingerprint density at radius 3 is 2.03 bits per heavy atom. The summed E-state index contributed by atoms with van der Waals surface area (Å²) in [6.45, 7) is 1.58. The maximum atomic E-state index is 13.9. The van der Waals surface area contributed by atoms with E-state index in [1.54, 1.807) is 6.92 Å². The molecule has 1 amide bonds. The minimum Gasteiger partial charge on any atom is -0.509 e. The highest BCUT2D eigenvalue weighted by Crippen LogP contribution is 2.49. The van der Waals surface area contributed by atoms with Gasteiger partial charge in [0.25, 0.3) is 5.91 Å². The summed E-state index contributed by atoms with van der Waals surface area (Å²) in [5.41, 5.74) is -3.89. The molecule has 2 aromatic rings. The zero-order valence-electron chi connectivity index (χ0n) is 16.2. The quantitative estimate of drug-likeness (QED) is 0.578. The van der Waals surface area contributed by atoms with Crippen LogP contribution < -0.4 is 5.32 Å². The lowest BCUT2D eigenvalue weighted by Gasteiger charge is -2.24. The van der Waals surface area contributed by atoms with E-state index in [-0.39, 0.29) is 17.0 Å². The van der Waals surface area contributed by atoms with E-state index >= 15 is 0 Å². The minimum atomic E-state index is -4.86. The fraction of sp³-hybridized carbons (Fsp3) is 0.318. The molecule has 0 radical (unpaired) electrons. The van der Waals surface area contributed by atoms with Crippen LogP contribution in [0.25, 0.3) is 16.7 Å². The molecule has 2 aliphatic rings. The minimum absolute atomic E-state index is 0.0354. The van der Waals surface area contributed by atoms with Crippen molar-refractivity contribution in [3.05, 3.63) is 64.9 Å². The molecule has 0 aromatic heterocycles. The Kier molecular flexibility index (Phi) is 4.64. The van der Waals surface area contributed by atoms with Crippen molar-refractivity contribution in [2.24, 2.45) is 5.92 Å². The number of rotatable bonds is 3. The summed E-state index contributed by atoms with van der Waals surface area (Å²) in [6.07, 6.45) is -7.93. The van der Waals surface area contributed by atoms with Gasteiger partial charge in [-0.2, -0.15) is 26.3 Å². The summed E-state index contributed by atoms with van der Waals surface area (Å²) >= 11 is 0. The van der Waals surface area contributed by atoms with E-state index in [9.17, 15) is 36.2 Å². The number of hydrogen-bond acceptors (Lipinski definition) is 2. The van der Waals surface area contributed by atoms with Crippen LogP contribution in [0.5, 0.6) is 0 Å². The molecule has 31 heavy (non-hydrogen) atoms. The van der Waals surface area contributed by atoms with Gasteiger partial charge in [0.15, 0.2) is 0 Å². The van der Waals surface area contributed by atoms with Gasteiger partial charge < -0.3 is 10.4 Å². The maximum absolute atomic E-state index is 13.9. The van der Waals surface area contributed by atoms with Gasteiger partial charge in [0.05, 0.1) is 22.2 Å². The smallest absolute Gasteiger partial charge is 0.417 e. The summed E-state index contributed by atoms with van der Waals surface area (Å²) < 4.78 is 79.8. The van der Waals surface area contributed by atoms with E-state index in [0.29, 0.717) is 0 Å². The van der Waals surface area contributed by atoms with Crippen molar-refractivity contribution in [3.8, 4) is 11.1 Å². The first-order valence-corrected chi connectivity index (χ1v) is 9.48. The first kappa shape index (κ1) is 21.3. The maximum Gasteiger partial charge on any atom is 0.417 e. The number of nitrogens with one attached hydrogen (secondary N) is 1. The van der Waals surface area contributed by atoms with Gasteiger partial charge in [0, 0.05) is 5.56 Å². The van der Waals surface area contributed by atoms with Crippen molar-refractivity contribution >= 4 is 11.5 Å². The standard InChI is InChI=1S/C22H17F6NO2/c1-20(13-7-8-13)18(30)17(19(31)29-20)15-9-4-12(10-16(15)22(26,27)28)11-2-5-14(6-3-11)21(23,24)25/h2-6,9-10,13,30H,7-8H2,1H3,(H,29,31). The molecule has 1 saturated carbocycles. The molecule has 1 aliphatic carbocycles. The lowest BCUT2D eigenvalue weighted by Crippen LogP contribution is -2.43. The zero-order chi connectivity index (χ0) is 22.8. The average Bonchev–Trinajstić information content (AvgIpc) is 3.49. The number of aliphatic hydroxyl groups excluding tert-OH is 1. The number of hydrogen-bond donors (Lipinski definition) is 2. The first-order valence-electron chi connectivity index (χ1n) is 9.48. The van der Waals surface area contributed by atoms with Crippen LogP contribution in [0.15, 0.2) is 48.2 Å². The van der Waals surface area contributed by atoms with Gasteiger partial charge in [-0.25, -0.2) is 0 Å². The highest BCUT2D eigenvalue weighted by atomic mass is 19.4. The molecular formula is C22H17F6NO2. The zero-order valence-corrected chi connectivity index (χ0v) is 16.2. The van der Waals surface area contributed by atoms with Crippen LogP contribution in [0.4, 0.5) is 26.3 Å². The van der Waals surface area contributed by atoms with Crippen LogP contribution in [-0.2, 0) is 17.1 Å². The summed E-state index contributed by atoms with van der Waals surface area (Å²) in [6, 6.07) is 6.88. The third kappa shape index (κ3) is 3.66. The Labute approximate surface area is 173 Å². The SMILES string of the molecule is CC1(C2CC2)NC(=O)C(c2ccc(-c3ccc(C(F)(F)F)cc3)cc2C(F)(F)F)=C1O. The molecule has 0 spiro atoms. The van der Waals surface area contributed by atoms with E-state index in [1.165, 1.54) is 6.07 Å². The third-order valence-electron chi connectivity index (χ3n) is 5.86. The lowest BCUT2D eigenvalue weighted by molar-refractivity contribution is -0.138. The van der Waals surface area contributed by atoms with Crippen molar-refractivity contribution < 1.29 is 36.2 Å². The predicted molar refractivity (Wildman–Crippen MR) is 101 cm³/mol. The topological polar surface area (TPSA) is 49.3 Å². The van der Waals surface area contributed by atoms with Gasteiger partial charge in [0.1, 0.15) is 5.76 Å². The van der Waals surface area contributed by atoms with Gasteiger partial charge in [-0.05, 0) is 55.0 Å². The molecule has 1 heterocycles. The number of alkyl halides is 6. The largest absolute Gasteiger partial charge is 0.509 e. The van der Waals surface area contributed by atoms with Gasteiger partial charge in [-0.1, -0.05) is 24.3 Å². The van der Waals surface area contributed by atoms with Crippen molar-refractivity contribution in [1.82, 2.24) is 5.32 Å². The van der Waals surface area contributed by atoms with Gasteiger partial charge in [-0.3, -0.25) is 4.79 Å². The number of benzene rings is 2. The van der Waals surface area contributed by atoms with E-state index in [0.717, 1.165) is 49.2 Å². The van der Waals surface area contributed by atoms with E-state index in [2.05, 4.69) is 5.32 Å². The average molecular weight is 441 g/mol. The molecular weight excluding hydrogens is 424 g/mol. The Bertz CT molecular complexity index is 1080. The molecule has 1 atom stereocenters. The van der Waals surface area contributed by atoms with E-state index in [1.807, 2.05) is 0 Å². The number of carbonyl (C=O) groups is 1. The molecule has 164 valence electrons. The Morgan fingerprint density at radius 2 is 1.52 bits per heavy atom. The second kappa shape index (κ2) is 6.77. The number of aliphatic hydroxyl groups is 1. The van der Waals surface area contributed by atoms with Gasteiger partial charge >= 0.3 is 12.4 Å². The van der Waals surface area contributed by atoms with Crippen LogP contribution in [0.3, 0.4) is 0 Å². The molecule has 0 saturated heterocycles. The number of halogens is 6. The second-order valence-electron chi connectivity index (χ2n) is 7.99. The van der Waals surface area contributed by atoms with Crippen LogP contribution >= 0.6 is 0 Å². The molecule has 1 aliphatic heterocycles. The molecule has 2 N–H and O–H groups in total. The monoisotopic (exact) mass is 441 g/mol. The molecule has 1 unspecified atom stereocenters. The normalized spacial score (nSPS) is 22.1. The van der Waals surface area contributed by atoms with Gasteiger partial charge in [0.2, 0.25) is 0 Å². The lowest BCUT2D eigenvalue weighted by atomic mass is 9.90. The summed E-state index contributed by atoms with van der Waals surface area (Å²) in [7, 11) is 0. The van der Waals surface area contributed by atoms with Crippen molar-refractivity contribution in [1.29, 1.82) is 0 Å². The number of amides is 1. The second-order valence-corrected chi connectivity index (χ2v) is 7.99.